The monoisotopic (exact) mass is 326 g/mol. The van der Waals surface area contributed by atoms with Gasteiger partial charge < -0.3 is 15.4 Å². The molecule has 126 valence electrons. The maximum Gasteiger partial charge on any atom is 0.338 e. The van der Waals surface area contributed by atoms with Gasteiger partial charge in [-0.2, -0.15) is 0 Å². The lowest BCUT2D eigenvalue weighted by Gasteiger charge is -2.11. The van der Waals surface area contributed by atoms with Gasteiger partial charge in [0.05, 0.1) is 11.7 Å². The van der Waals surface area contributed by atoms with Gasteiger partial charge in [0.15, 0.2) is 0 Å². The molecule has 0 saturated carbocycles. The normalized spacial score (nSPS) is 10.4. The average molecular weight is 326 g/mol. The number of aryl methyl sites for hydroxylation is 2. The van der Waals surface area contributed by atoms with Crippen LogP contribution in [0.25, 0.3) is 0 Å². The number of urea groups is 1. The van der Waals surface area contributed by atoms with Gasteiger partial charge in [0.25, 0.3) is 0 Å². The van der Waals surface area contributed by atoms with Crippen molar-refractivity contribution in [3.63, 3.8) is 0 Å². The number of hydrogen-bond acceptors (Lipinski definition) is 3. The van der Waals surface area contributed by atoms with Crippen LogP contribution in [0.3, 0.4) is 0 Å². The molecule has 2 amide bonds. The fraction of sp³-hybridized carbons (Fsp3) is 0.263. The second-order valence-corrected chi connectivity index (χ2v) is 5.93. The lowest BCUT2D eigenvalue weighted by atomic mass is 10.1. The Balaban J connectivity index is 1.98. The van der Waals surface area contributed by atoms with Gasteiger partial charge in [-0.1, -0.05) is 17.7 Å². The molecule has 2 N–H and O–H groups in total. The van der Waals surface area contributed by atoms with E-state index in [-0.39, 0.29) is 18.1 Å². The summed E-state index contributed by atoms with van der Waals surface area (Å²) in [7, 11) is 0. The highest BCUT2D eigenvalue weighted by Crippen LogP contribution is 2.17. The number of carbonyl (C=O) groups is 2. The molecule has 0 heterocycles. The maximum atomic E-state index is 12.1. The van der Waals surface area contributed by atoms with Crippen LogP contribution in [0.15, 0.2) is 42.5 Å². The van der Waals surface area contributed by atoms with E-state index in [0.29, 0.717) is 11.3 Å². The van der Waals surface area contributed by atoms with Crippen molar-refractivity contribution in [3.05, 3.63) is 59.2 Å². The van der Waals surface area contributed by atoms with E-state index in [9.17, 15) is 9.59 Å². The molecule has 0 aromatic heterocycles. The number of benzene rings is 2. The van der Waals surface area contributed by atoms with Gasteiger partial charge in [-0.25, -0.2) is 9.59 Å². The molecule has 0 aliphatic carbocycles. The van der Waals surface area contributed by atoms with E-state index in [1.807, 2.05) is 32.0 Å². The molecule has 0 saturated heterocycles. The van der Waals surface area contributed by atoms with Gasteiger partial charge in [-0.3, -0.25) is 0 Å². The molecular weight excluding hydrogens is 304 g/mol. The average Bonchev–Trinajstić information content (AvgIpc) is 2.50. The second-order valence-electron chi connectivity index (χ2n) is 5.93. The highest BCUT2D eigenvalue weighted by Gasteiger charge is 2.10. The number of nitrogens with one attached hydrogen (secondary N) is 2. The Morgan fingerprint density at radius 2 is 1.62 bits per heavy atom. The van der Waals surface area contributed by atoms with E-state index in [4.69, 9.17) is 4.74 Å². The van der Waals surface area contributed by atoms with Gasteiger partial charge in [-0.05, 0) is 63.6 Å². The summed E-state index contributed by atoms with van der Waals surface area (Å²) in [4.78, 5) is 23.8. The summed E-state index contributed by atoms with van der Waals surface area (Å²) >= 11 is 0. The fourth-order valence-electron chi connectivity index (χ4n) is 2.21. The Bertz CT molecular complexity index is 737. The van der Waals surface area contributed by atoms with Crippen molar-refractivity contribution < 1.29 is 14.3 Å². The van der Waals surface area contributed by atoms with Crippen LogP contribution in [-0.4, -0.2) is 18.1 Å². The first-order valence-corrected chi connectivity index (χ1v) is 7.81. The first-order chi connectivity index (χ1) is 11.3. The van der Waals surface area contributed by atoms with Crippen LogP contribution in [0.2, 0.25) is 0 Å². The Morgan fingerprint density at radius 3 is 2.21 bits per heavy atom. The molecule has 0 spiro atoms. The Hall–Kier alpha value is -2.82. The standard InChI is InChI=1S/C19H22N2O3/c1-12(2)24-18(22)15-6-8-16(9-7-15)20-19(23)21-17-10-5-13(3)11-14(17)4/h5-12H,1-4H3,(H2,20,21,23). The van der Waals surface area contributed by atoms with E-state index in [1.165, 1.54) is 0 Å². The molecule has 5 nitrogen and oxygen atoms in total. The molecule has 0 unspecified atom stereocenters. The van der Waals surface area contributed by atoms with Crippen molar-refractivity contribution in [1.29, 1.82) is 0 Å². The largest absolute Gasteiger partial charge is 0.459 e. The summed E-state index contributed by atoms with van der Waals surface area (Å²) in [5, 5.41) is 5.54. The van der Waals surface area contributed by atoms with Gasteiger partial charge in [0.2, 0.25) is 0 Å². The van der Waals surface area contributed by atoms with Crippen molar-refractivity contribution in [3.8, 4) is 0 Å². The molecule has 0 atom stereocenters. The topological polar surface area (TPSA) is 67.4 Å². The van der Waals surface area contributed by atoms with Crippen LogP contribution in [0, 0.1) is 13.8 Å². The Morgan fingerprint density at radius 1 is 0.958 bits per heavy atom. The summed E-state index contributed by atoms with van der Waals surface area (Å²) < 4.78 is 5.12. The molecule has 0 aliphatic rings. The van der Waals surface area contributed by atoms with Crippen molar-refractivity contribution in [1.82, 2.24) is 0 Å². The number of anilines is 2. The second kappa shape index (κ2) is 7.64. The fourth-order valence-corrected chi connectivity index (χ4v) is 2.21. The highest BCUT2D eigenvalue weighted by atomic mass is 16.5. The van der Waals surface area contributed by atoms with Crippen molar-refractivity contribution >= 4 is 23.4 Å². The summed E-state index contributed by atoms with van der Waals surface area (Å²) in [6, 6.07) is 12.1. The third-order valence-electron chi connectivity index (χ3n) is 3.35. The van der Waals surface area contributed by atoms with E-state index in [0.717, 1.165) is 16.8 Å². The number of amides is 2. The van der Waals surface area contributed by atoms with Gasteiger partial charge in [0, 0.05) is 11.4 Å². The van der Waals surface area contributed by atoms with Crippen LogP contribution in [-0.2, 0) is 4.74 Å². The summed E-state index contributed by atoms with van der Waals surface area (Å²) in [5.41, 5.74) is 3.94. The molecule has 24 heavy (non-hydrogen) atoms. The quantitative estimate of drug-likeness (QED) is 0.812. The first-order valence-electron chi connectivity index (χ1n) is 7.81. The molecular formula is C19H22N2O3. The van der Waals surface area contributed by atoms with Crippen LogP contribution in [0.4, 0.5) is 16.2 Å². The molecule has 2 rings (SSSR count). The molecule has 0 fully saturated rings. The minimum atomic E-state index is -0.378. The first kappa shape index (κ1) is 17.5. The minimum Gasteiger partial charge on any atom is -0.459 e. The van der Waals surface area contributed by atoms with Crippen molar-refractivity contribution in [2.24, 2.45) is 0 Å². The number of carbonyl (C=O) groups excluding carboxylic acids is 2. The zero-order valence-corrected chi connectivity index (χ0v) is 14.3. The summed E-state index contributed by atoms with van der Waals surface area (Å²) in [5.74, 6) is -0.378. The van der Waals surface area contributed by atoms with Gasteiger partial charge in [0.1, 0.15) is 0 Å². The SMILES string of the molecule is Cc1ccc(NC(=O)Nc2ccc(C(=O)OC(C)C)cc2)c(C)c1. The van der Waals surface area contributed by atoms with Crippen molar-refractivity contribution in [2.75, 3.05) is 10.6 Å². The predicted molar refractivity (Wildman–Crippen MR) is 95.6 cm³/mol. The maximum absolute atomic E-state index is 12.1. The predicted octanol–water partition coefficient (Wildman–Crippen LogP) is 4.51. The van der Waals surface area contributed by atoms with E-state index in [2.05, 4.69) is 10.6 Å². The number of esters is 1. The van der Waals surface area contributed by atoms with Crippen LogP contribution >= 0.6 is 0 Å². The van der Waals surface area contributed by atoms with E-state index in [1.54, 1.807) is 38.1 Å². The van der Waals surface area contributed by atoms with Crippen LogP contribution < -0.4 is 10.6 Å². The molecule has 0 bridgehead atoms. The highest BCUT2D eigenvalue weighted by molar-refractivity contribution is 6.00. The number of hydrogen-bond donors (Lipinski definition) is 2. The lowest BCUT2D eigenvalue weighted by molar-refractivity contribution is 0.0378. The molecule has 0 radical (unpaired) electrons. The summed E-state index contributed by atoms with van der Waals surface area (Å²) in [6.45, 7) is 7.54. The van der Waals surface area contributed by atoms with E-state index >= 15 is 0 Å². The zero-order chi connectivity index (χ0) is 17.7. The number of ether oxygens (including phenoxy) is 1. The van der Waals surface area contributed by atoms with Crippen molar-refractivity contribution in [2.45, 2.75) is 33.8 Å². The Kier molecular flexibility index (Phi) is 5.58. The Labute approximate surface area is 142 Å². The molecule has 2 aromatic rings. The van der Waals surface area contributed by atoms with Crippen LogP contribution in [0.1, 0.15) is 35.3 Å². The zero-order valence-electron chi connectivity index (χ0n) is 14.3. The van der Waals surface area contributed by atoms with Crippen LogP contribution in [0.5, 0.6) is 0 Å². The van der Waals surface area contributed by atoms with Gasteiger partial charge in [-0.15, -0.1) is 0 Å². The van der Waals surface area contributed by atoms with Gasteiger partial charge >= 0.3 is 12.0 Å². The third-order valence-corrected chi connectivity index (χ3v) is 3.35. The number of rotatable bonds is 4. The van der Waals surface area contributed by atoms with E-state index < -0.39 is 0 Å². The third kappa shape index (κ3) is 4.84. The smallest absolute Gasteiger partial charge is 0.338 e. The lowest BCUT2D eigenvalue weighted by Crippen LogP contribution is -2.20. The molecule has 5 heteroatoms. The molecule has 2 aromatic carbocycles. The minimum absolute atomic E-state index is 0.168. The molecule has 0 aliphatic heterocycles. The summed E-state index contributed by atoms with van der Waals surface area (Å²) in [6.07, 6.45) is -0.168.